The maximum absolute atomic E-state index is 12.9. The van der Waals surface area contributed by atoms with Gasteiger partial charge in [0.05, 0.1) is 5.92 Å². The molecule has 6 unspecified atom stereocenters. The lowest BCUT2D eigenvalue weighted by atomic mass is 9.78. The SMILES string of the molecule is C=C(CC)OOC1C(COC(=O)CCC)C(OC(=O)CCC)C(OOC(=C)CC)C(OOC(=C)CC)C1OOC(=C)CC. The molecule has 43 heavy (non-hydrogen) atoms. The molecule has 12 nitrogen and oxygen atoms in total. The maximum atomic E-state index is 12.9. The van der Waals surface area contributed by atoms with E-state index in [4.69, 9.17) is 48.6 Å². The molecule has 0 aliphatic heterocycles. The highest BCUT2D eigenvalue weighted by molar-refractivity contribution is 5.70. The number of hydrogen-bond donors (Lipinski definition) is 0. The largest absolute Gasteiger partial charge is 0.465 e. The summed E-state index contributed by atoms with van der Waals surface area (Å²) < 4.78 is 11.5. The number of hydrogen-bond acceptors (Lipinski definition) is 12. The number of ether oxygens (including phenoxy) is 2. The van der Waals surface area contributed by atoms with Crippen molar-refractivity contribution >= 4 is 11.9 Å². The van der Waals surface area contributed by atoms with Crippen molar-refractivity contribution in [1.82, 2.24) is 0 Å². The molecule has 6 atom stereocenters. The molecule has 0 aromatic rings. The van der Waals surface area contributed by atoms with Crippen LogP contribution in [-0.4, -0.2) is 49.1 Å². The van der Waals surface area contributed by atoms with Crippen LogP contribution in [0.2, 0.25) is 0 Å². The molecule has 0 N–H and O–H groups in total. The van der Waals surface area contributed by atoms with Crippen LogP contribution in [0.15, 0.2) is 49.4 Å². The van der Waals surface area contributed by atoms with E-state index < -0.39 is 48.4 Å². The number of carbonyl (C=O) groups is 2. The van der Waals surface area contributed by atoms with E-state index in [0.717, 1.165) is 0 Å². The van der Waals surface area contributed by atoms with Gasteiger partial charge in [-0.05, 0) is 12.8 Å². The minimum atomic E-state index is -1.25. The maximum Gasteiger partial charge on any atom is 0.306 e. The zero-order chi connectivity index (χ0) is 32.4. The van der Waals surface area contributed by atoms with Crippen LogP contribution in [0, 0.1) is 5.92 Å². The molecular weight excluding hydrogens is 564 g/mol. The third-order valence-electron chi connectivity index (χ3n) is 6.44. The lowest BCUT2D eigenvalue weighted by Crippen LogP contribution is -2.65. The summed E-state index contributed by atoms with van der Waals surface area (Å²) >= 11 is 0. The van der Waals surface area contributed by atoms with E-state index in [1.165, 1.54) is 0 Å². The Morgan fingerprint density at radius 1 is 0.512 bits per heavy atom. The van der Waals surface area contributed by atoms with Crippen molar-refractivity contribution in [2.45, 2.75) is 123 Å². The Balaban J connectivity index is 3.77. The van der Waals surface area contributed by atoms with Gasteiger partial charge in [-0.1, -0.05) is 67.9 Å². The molecule has 0 spiro atoms. The highest BCUT2D eigenvalue weighted by Gasteiger charge is 2.59. The van der Waals surface area contributed by atoms with Gasteiger partial charge in [-0.25, -0.2) is 0 Å². The number of rotatable bonds is 23. The lowest BCUT2D eigenvalue weighted by molar-refractivity contribution is -0.459. The summed E-state index contributed by atoms with van der Waals surface area (Å²) in [6.07, 6.45) is -2.92. The Labute approximate surface area is 255 Å². The topological polar surface area (TPSA) is 126 Å². The molecule has 0 aromatic carbocycles. The number of allylic oxidation sites excluding steroid dienone is 4. The lowest BCUT2D eigenvalue weighted by Gasteiger charge is -2.46. The van der Waals surface area contributed by atoms with Crippen molar-refractivity contribution in [2.24, 2.45) is 5.92 Å². The van der Waals surface area contributed by atoms with Crippen molar-refractivity contribution in [3.8, 4) is 0 Å². The first-order valence-corrected chi connectivity index (χ1v) is 15.0. The predicted molar refractivity (Wildman–Crippen MR) is 156 cm³/mol. The summed E-state index contributed by atoms with van der Waals surface area (Å²) in [5, 5.41) is 0. The van der Waals surface area contributed by atoms with Crippen LogP contribution in [0.4, 0.5) is 0 Å². The van der Waals surface area contributed by atoms with E-state index in [9.17, 15) is 9.59 Å². The summed E-state index contributed by atoms with van der Waals surface area (Å²) in [5.41, 5.74) is 0. The van der Waals surface area contributed by atoms with Crippen molar-refractivity contribution < 1.29 is 58.2 Å². The molecule has 0 amide bonds. The minimum absolute atomic E-state index is 0.108. The molecule has 0 heterocycles. The average Bonchev–Trinajstić information content (AvgIpc) is 3.00. The zero-order valence-electron chi connectivity index (χ0n) is 26.6. The van der Waals surface area contributed by atoms with Crippen molar-refractivity contribution in [3.63, 3.8) is 0 Å². The second-order valence-corrected chi connectivity index (χ2v) is 9.95. The number of carbonyl (C=O) groups excluding carboxylic acids is 2. The molecule has 1 aliphatic rings. The van der Waals surface area contributed by atoms with Gasteiger partial charge in [0.1, 0.15) is 41.9 Å². The van der Waals surface area contributed by atoms with Gasteiger partial charge >= 0.3 is 11.9 Å². The van der Waals surface area contributed by atoms with E-state index in [0.29, 0.717) is 55.8 Å². The van der Waals surface area contributed by atoms with Gasteiger partial charge < -0.3 is 29.0 Å². The highest BCUT2D eigenvalue weighted by Crippen LogP contribution is 2.38. The van der Waals surface area contributed by atoms with Crippen LogP contribution in [0.25, 0.3) is 0 Å². The van der Waals surface area contributed by atoms with E-state index in [1.54, 1.807) is 0 Å². The average molecular weight is 615 g/mol. The normalized spacial score (nSPS) is 23.0. The van der Waals surface area contributed by atoms with Gasteiger partial charge in [-0.2, -0.15) is 19.6 Å². The summed E-state index contributed by atoms with van der Waals surface area (Å²) in [6, 6.07) is 0. The summed E-state index contributed by atoms with van der Waals surface area (Å²) in [7, 11) is 0. The van der Waals surface area contributed by atoms with Crippen molar-refractivity contribution in [1.29, 1.82) is 0 Å². The van der Waals surface area contributed by atoms with E-state index in [2.05, 4.69) is 26.3 Å². The molecule has 0 aromatic heterocycles. The molecule has 1 aliphatic carbocycles. The molecular formula is C31H50O12. The standard InChI is InChI=1S/C31H50O12/c1-11-17-25(32)34-19-24-27(35-26(33)18-12-2)29(41-37-21(8)14-4)31(43-39-23(10)16-6)30(42-38-22(9)15-5)28(24)40-36-20(7)13-3/h24,27-31H,7-19H2,1-6H3. The van der Waals surface area contributed by atoms with Crippen LogP contribution >= 0.6 is 0 Å². The predicted octanol–water partition coefficient (Wildman–Crippen LogP) is 6.63. The Morgan fingerprint density at radius 3 is 1.26 bits per heavy atom. The summed E-state index contributed by atoms with van der Waals surface area (Å²) in [4.78, 5) is 70.7. The fraction of sp³-hybridized carbons (Fsp3) is 0.677. The molecule has 0 saturated heterocycles. The third kappa shape index (κ3) is 13.0. The van der Waals surface area contributed by atoms with Gasteiger partial charge in [0.25, 0.3) is 0 Å². The van der Waals surface area contributed by atoms with E-state index in [-0.39, 0.29) is 25.2 Å². The zero-order valence-corrected chi connectivity index (χ0v) is 26.6. The van der Waals surface area contributed by atoms with Crippen LogP contribution in [0.1, 0.15) is 92.9 Å². The first-order chi connectivity index (χ1) is 20.6. The van der Waals surface area contributed by atoms with Gasteiger partial charge in [0.15, 0.2) is 18.3 Å². The number of esters is 2. The van der Waals surface area contributed by atoms with Crippen LogP contribution in [0.3, 0.4) is 0 Å². The first-order valence-electron chi connectivity index (χ1n) is 15.0. The molecule has 246 valence electrons. The van der Waals surface area contributed by atoms with E-state index >= 15 is 0 Å². The molecule has 12 heteroatoms. The second kappa shape index (κ2) is 20.8. The summed E-state index contributed by atoms with van der Waals surface area (Å²) in [5.74, 6) is -0.757. The third-order valence-corrected chi connectivity index (χ3v) is 6.44. The smallest absolute Gasteiger partial charge is 0.306 e. The Morgan fingerprint density at radius 2 is 0.860 bits per heavy atom. The fourth-order valence-corrected chi connectivity index (χ4v) is 3.64. The van der Waals surface area contributed by atoms with Gasteiger partial charge in [-0.15, -0.1) is 0 Å². The first kappa shape index (κ1) is 38.0. The summed E-state index contributed by atoms with van der Waals surface area (Å²) in [6.45, 7) is 26.0. The molecule has 0 bridgehead atoms. The fourth-order valence-electron chi connectivity index (χ4n) is 3.64. The minimum Gasteiger partial charge on any atom is -0.465 e. The Hall–Kier alpha value is -3.06. The quantitative estimate of drug-likeness (QED) is 0.0530. The highest BCUT2D eigenvalue weighted by atomic mass is 17.3. The van der Waals surface area contributed by atoms with Gasteiger partial charge in [0, 0.05) is 38.5 Å². The second-order valence-electron chi connectivity index (χ2n) is 9.95. The van der Waals surface area contributed by atoms with Gasteiger partial charge in [-0.3, -0.25) is 9.59 Å². The van der Waals surface area contributed by atoms with Crippen molar-refractivity contribution in [2.75, 3.05) is 6.61 Å². The Kier molecular flexibility index (Phi) is 18.3. The van der Waals surface area contributed by atoms with E-state index in [1.807, 2.05) is 41.5 Å². The van der Waals surface area contributed by atoms with Crippen LogP contribution in [0.5, 0.6) is 0 Å². The Bertz CT molecular complexity index is 916. The van der Waals surface area contributed by atoms with Crippen molar-refractivity contribution in [3.05, 3.63) is 49.4 Å². The van der Waals surface area contributed by atoms with Crippen LogP contribution in [-0.2, 0) is 58.2 Å². The van der Waals surface area contributed by atoms with Gasteiger partial charge in [0.2, 0.25) is 0 Å². The molecule has 0 radical (unpaired) electrons. The molecule has 1 fully saturated rings. The van der Waals surface area contributed by atoms with Crippen LogP contribution < -0.4 is 0 Å². The molecule has 1 saturated carbocycles. The monoisotopic (exact) mass is 614 g/mol. The molecule has 1 rings (SSSR count).